The fraction of sp³-hybridized carbons (Fsp3) is 0.800. The van der Waals surface area contributed by atoms with Gasteiger partial charge >= 0.3 is 12.1 Å². The maximum Gasteiger partial charge on any atom is 0.490 e. The molecule has 0 fully saturated rings. The molecule has 0 aromatic carbocycles. The molecule has 0 aliphatic heterocycles. The molecule has 0 saturated carbocycles. The number of ether oxygens (including phenoxy) is 1. The van der Waals surface area contributed by atoms with E-state index in [0.29, 0.717) is 0 Å². The number of halogens is 3. The van der Waals surface area contributed by atoms with Crippen LogP contribution in [0.15, 0.2) is 0 Å². The van der Waals surface area contributed by atoms with E-state index in [-0.39, 0.29) is 6.42 Å². The lowest BCUT2D eigenvalue weighted by molar-refractivity contribution is -0.204. The quantitative estimate of drug-likeness (QED) is 0.493. The fourth-order valence-electron chi connectivity index (χ4n) is 0.288. The minimum atomic E-state index is -4.95. The maximum absolute atomic E-state index is 11.4. The molecular formula is C5H8F3NO2. The molecule has 0 aromatic rings. The van der Waals surface area contributed by atoms with Crippen LogP contribution in [-0.2, 0) is 9.53 Å². The van der Waals surface area contributed by atoms with Crippen molar-refractivity contribution >= 4 is 5.97 Å². The summed E-state index contributed by atoms with van der Waals surface area (Å²) < 4.78 is 38.0. The topological polar surface area (TPSA) is 52.3 Å². The van der Waals surface area contributed by atoms with Crippen molar-refractivity contribution in [1.29, 1.82) is 0 Å². The Morgan fingerprint density at radius 1 is 1.64 bits per heavy atom. The van der Waals surface area contributed by atoms with Crippen molar-refractivity contribution in [2.75, 3.05) is 0 Å². The van der Waals surface area contributed by atoms with Crippen LogP contribution in [0, 0.1) is 0 Å². The number of hydrogen-bond donors (Lipinski definition) is 1. The van der Waals surface area contributed by atoms with E-state index in [2.05, 4.69) is 4.74 Å². The molecule has 0 aromatic heterocycles. The first-order valence-electron chi connectivity index (χ1n) is 2.91. The van der Waals surface area contributed by atoms with Gasteiger partial charge in [-0.2, -0.15) is 13.2 Å². The van der Waals surface area contributed by atoms with E-state index in [0.717, 1.165) is 0 Å². The van der Waals surface area contributed by atoms with E-state index in [1.807, 2.05) is 0 Å². The molecule has 0 amide bonds. The smallest absolute Gasteiger partial charge is 0.440 e. The summed E-state index contributed by atoms with van der Waals surface area (Å²) in [5.41, 5.74) is 4.93. The normalized spacial score (nSPS) is 14.3. The first-order chi connectivity index (χ1) is 4.88. The number of carbonyl (C=O) groups excluding carboxylic acids is 1. The van der Waals surface area contributed by atoms with Crippen molar-refractivity contribution in [3.63, 3.8) is 0 Å². The van der Waals surface area contributed by atoms with Gasteiger partial charge in [0, 0.05) is 0 Å². The molecule has 11 heavy (non-hydrogen) atoms. The van der Waals surface area contributed by atoms with Gasteiger partial charge in [-0.1, -0.05) is 6.92 Å². The lowest BCUT2D eigenvalue weighted by atomic mass is 10.4. The van der Waals surface area contributed by atoms with Gasteiger partial charge in [0.2, 0.25) is 0 Å². The van der Waals surface area contributed by atoms with Crippen LogP contribution < -0.4 is 5.73 Å². The van der Waals surface area contributed by atoms with E-state index in [1.54, 1.807) is 0 Å². The van der Waals surface area contributed by atoms with E-state index < -0.39 is 18.4 Å². The number of alkyl halides is 3. The lowest BCUT2D eigenvalue weighted by Crippen LogP contribution is -2.34. The van der Waals surface area contributed by atoms with Gasteiger partial charge in [-0.05, 0) is 6.42 Å². The van der Waals surface area contributed by atoms with Crippen LogP contribution in [0.2, 0.25) is 0 Å². The van der Waals surface area contributed by atoms with Gasteiger partial charge in [-0.3, -0.25) is 5.73 Å². The number of rotatable bonds is 2. The molecule has 1 unspecified atom stereocenters. The third-order valence-corrected chi connectivity index (χ3v) is 0.892. The Morgan fingerprint density at radius 2 is 2.09 bits per heavy atom. The first kappa shape index (κ1) is 10.2. The molecule has 2 N–H and O–H groups in total. The highest BCUT2D eigenvalue weighted by Crippen LogP contribution is 2.16. The Kier molecular flexibility index (Phi) is 3.31. The average Bonchev–Trinajstić information content (AvgIpc) is 1.85. The van der Waals surface area contributed by atoms with Gasteiger partial charge < -0.3 is 4.74 Å². The fourth-order valence-corrected chi connectivity index (χ4v) is 0.288. The molecule has 6 heteroatoms. The largest absolute Gasteiger partial charge is 0.490 e. The molecule has 0 heterocycles. The molecule has 0 saturated heterocycles. The summed E-state index contributed by atoms with van der Waals surface area (Å²) in [5, 5.41) is 0. The summed E-state index contributed by atoms with van der Waals surface area (Å²) in [6.07, 6.45) is -5.97. The average molecular weight is 171 g/mol. The molecule has 3 nitrogen and oxygen atoms in total. The third kappa shape index (κ3) is 3.82. The van der Waals surface area contributed by atoms with Crippen molar-refractivity contribution in [1.82, 2.24) is 0 Å². The Labute approximate surface area is 61.3 Å². The van der Waals surface area contributed by atoms with E-state index in [9.17, 15) is 18.0 Å². The zero-order chi connectivity index (χ0) is 9.07. The second-order valence-electron chi connectivity index (χ2n) is 1.85. The van der Waals surface area contributed by atoms with Gasteiger partial charge in [0.25, 0.3) is 0 Å². The summed E-state index contributed by atoms with van der Waals surface area (Å²) in [6.45, 7) is 1.51. The van der Waals surface area contributed by atoms with Gasteiger partial charge in [-0.15, -0.1) is 0 Å². The zero-order valence-corrected chi connectivity index (χ0v) is 5.81. The molecule has 0 aliphatic carbocycles. The second kappa shape index (κ2) is 3.56. The molecule has 0 spiro atoms. The Bertz CT molecular complexity index is 145. The number of esters is 1. The summed E-state index contributed by atoms with van der Waals surface area (Å²) in [5.74, 6) is -2.24. The second-order valence-corrected chi connectivity index (χ2v) is 1.85. The summed E-state index contributed by atoms with van der Waals surface area (Å²) >= 11 is 0. The first-order valence-corrected chi connectivity index (χ1v) is 2.91. The van der Waals surface area contributed by atoms with Crippen LogP contribution in [0.3, 0.4) is 0 Å². The zero-order valence-electron chi connectivity index (χ0n) is 5.81. The Morgan fingerprint density at radius 3 is 2.36 bits per heavy atom. The maximum atomic E-state index is 11.4. The molecule has 0 rings (SSSR count). The van der Waals surface area contributed by atoms with Crippen molar-refractivity contribution in [2.45, 2.75) is 25.7 Å². The van der Waals surface area contributed by atoms with Gasteiger partial charge in [-0.25, -0.2) is 4.79 Å². The highest BCUT2D eigenvalue weighted by Gasteiger charge is 2.41. The summed E-state index contributed by atoms with van der Waals surface area (Å²) in [7, 11) is 0. The summed E-state index contributed by atoms with van der Waals surface area (Å²) in [6, 6.07) is 0. The van der Waals surface area contributed by atoms with Crippen LogP contribution in [0.4, 0.5) is 13.2 Å². The Hall–Kier alpha value is -0.780. The van der Waals surface area contributed by atoms with Crippen molar-refractivity contribution in [3.05, 3.63) is 0 Å². The van der Waals surface area contributed by atoms with Crippen molar-refractivity contribution < 1.29 is 22.7 Å². The number of hydrogen-bond acceptors (Lipinski definition) is 3. The van der Waals surface area contributed by atoms with Crippen LogP contribution in [0.1, 0.15) is 13.3 Å². The van der Waals surface area contributed by atoms with Crippen LogP contribution in [0.25, 0.3) is 0 Å². The molecule has 0 bridgehead atoms. The SMILES string of the molecule is CCC(N)OC(=O)C(F)(F)F. The molecule has 1 atom stereocenters. The Balaban J connectivity index is 3.88. The van der Waals surface area contributed by atoms with Crippen LogP contribution in [-0.4, -0.2) is 18.4 Å². The minimum Gasteiger partial charge on any atom is -0.440 e. The predicted molar refractivity (Wildman–Crippen MR) is 30.4 cm³/mol. The molecule has 66 valence electrons. The van der Waals surface area contributed by atoms with Gasteiger partial charge in [0.05, 0.1) is 0 Å². The molecule has 0 aliphatic rings. The number of carbonyl (C=O) groups is 1. The highest BCUT2D eigenvalue weighted by molar-refractivity contribution is 5.75. The van der Waals surface area contributed by atoms with E-state index >= 15 is 0 Å². The highest BCUT2D eigenvalue weighted by atomic mass is 19.4. The van der Waals surface area contributed by atoms with E-state index in [4.69, 9.17) is 5.73 Å². The van der Waals surface area contributed by atoms with Gasteiger partial charge in [0.15, 0.2) is 6.23 Å². The molecular weight excluding hydrogens is 163 g/mol. The monoisotopic (exact) mass is 171 g/mol. The minimum absolute atomic E-state index is 0.155. The van der Waals surface area contributed by atoms with Crippen molar-refractivity contribution in [3.8, 4) is 0 Å². The predicted octanol–water partition coefficient (Wildman–Crippen LogP) is 0.787. The standard InChI is InChI=1S/C5H8F3NO2/c1-2-3(9)11-4(10)5(6,7)8/h3H,2,9H2,1H3. The van der Waals surface area contributed by atoms with Crippen LogP contribution >= 0.6 is 0 Å². The molecule has 0 radical (unpaired) electrons. The third-order valence-electron chi connectivity index (χ3n) is 0.892. The summed E-state index contributed by atoms with van der Waals surface area (Å²) in [4.78, 5) is 10.0. The van der Waals surface area contributed by atoms with E-state index in [1.165, 1.54) is 6.92 Å². The van der Waals surface area contributed by atoms with Crippen molar-refractivity contribution in [2.24, 2.45) is 5.73 Å². The van der Waals surface area contributed by atoms with Crippen LogP contribution in [0.5, 0.6) is 0 Å². The number of nitrogens with two attached hydrogens (primary N) is 1. The lowest BCUT2D eigenvalue weighted by Gasteiger charge is -2.11. The van der Waals surface area contributed by atoms with Gasteiger partial charge in [0.1, 0.15) is 0 Å².